The number of hydrogen-bond donors (Lipinski definition) is 2. The number of ether oxygens (including phenoxy) is 2. The first-order valence-electron chi connectivity index (χ1n) is 8.17. The standard InChI is InChI=1S/C17H24N2O3/c20-17(19-14-2-1-9-18-12-14)13-3-5-15(6-4-13)22-16-7-10-21-11-8-16/h3-6,14,16,18H,1-2,7-12H2,(H,19,20)/t14-/m0/s1. The molecule has 1 amide bonds. The van der Waals surface area contributed by atoms with Crippen LogP contribution in [0.3, 0.4) is 0 Å². The molecule has 2 aliphatic rings. The molecule has 0 unspecified atom stereocenters. The second kappa shape index (κ2) is 7.61. The third-order valence-electron chi connectivity index (χ3n) is 4.22. The molecule has 2 saturated heterocycles. The molecule has 0 aliphatic carbocycles. The van der Waals surface area contributed by atoms with Crippen molar-refractivity contribution in [3.05, 3.63) is 29.8 Å². The van der Waals surface area contributed by atoms with Crippen LogP contribution in [0.25, 0.3) is 0 Å². The molecule has 5 nitrogen and oxygen atoms in total. The van der Waals surface area contributed by atoms with E-state index in [4.69, 9.17) is 9.47 Å². The van der Waals surface area contributed by atoms with Gasteiger partial charge in [0.05, 0.1) is 13.2 Å². The number of rotatable bonds is 4. The van der Waals surface area contributed by atoms with E-state index in [-0.39, 0.29) is 18.1 Å². The fraction of sp³-hybridized carbons (Fsp3) is 0.588. The fourth-order valence-electron chi connectivity index (χ4n) is 2.91. The summed E-state index contributed by atoms with van der Waals surface area (Å²) in [7, 11) is 0. The molecule has 0 spiro atoms. The molecule has 2 N–H and O–H groups in total. The topological polar surface area (TPSA) is 59.6 Å². The van der Waals surface area contributed by atoms with Crippen molar-refractivity contribution >= 4 is 5.91 Å². The summed E-state index contributed by atoms with van der Waals surface area (Å²) in [4.78, 5) is 12.2. The molecule has 5 heteroatoms. The van der Waals surface area contributed by atoms with Crippen LogP contribution in [0.5, 0.6) is 5.75 Å². The Bertz CT molecular complexity index is 477. The number of benzene rings is 1. The molecule has 0 radical (unpaired) electrons. The van der Waals surface area contributed by atoms with Gasteiger partial charge < -0.3 is 20.1 Å². The Morgan fingerprint density at radius 2 is 1.95 bits per heavy atom. The van der Waals surface area contributed by atoms with Crippen molar-refractivity contribution in [3.63, 3.8) is 0 Å². The number of amides is 1. The minimum atomic E-state index is -0.00804. The van der Waals surface area contributed by atoms with E-state index in [1.165, 1.54) is 0 Å². The average Bonchev–Trinajstić information content (AvgIpc) is 2.57. The first-order valence-corrected chi connectivity index (χ1v) is 8.17. The number of carbonyl (C=O) groups excluding carboxylic acids is 1. The van der Waals surface area contributed by atoms with Gasteiger partial charge in [0.25, 0.3) is 5.91 Å². The molecule has 2 fully saturated rings. The van der Waals surface area contributed by atoms with Crippen molar-refractivity contribution in [2.45, 2.75) is 37.8 Å². The van der Waals surface area contributed by atoms with Crippen molar-refractivity contribution in [1.82, 2.24) is 10.6 Å². The maximum Gasteiger partial charge on any atom is 0.251 e. The summed E-state index contributed by atoms with van der Waals surface area (Å²) < 4.78 is 11.2. The van der Waals surface area contributed by atoms with Gasteiger partial charge in [0.15, 0.2) is 0 Å². The molecule has 3 rings (SSSR count). The Kier molecular flexibility index (Phi) is 5.29. The van der Waals surface area contributed by atoms with E-state index in [0.717, 1.165) is 57.7 Å². The second-order valence-electron chi connectivity index (χ2n) is 5.97. The first-order chi connectivity index (χ1) is 10.8. The number of piperidine rings is 1. The van der Waals surface area contributed by atoms with Gasteiger partial charge in [0.2, 0.25) is 0 Å². The van der Waals surface area contributed by atoms with Gasteiger partial charge in [-0.1, -0.05) is 0 Å². The number of hydrogen-bond acceptors (Lipinski definition) is 4. The van der Waals surface area contributed by atoms with Gasteiger partial charge >= 0.3 is 0 Å². The smallest absolute Gasteiger partial charge is 0.251 e. The maximum absolute atomic E-state index is 12.2. The monoisotopic (exact) mass is 304 g/mol. The summed E-state index contributed by atoms with van der Waals surface area (Å²) in [6.07, 6.45) is 4.24. The molecule has 1 aromatic carbocycles. The summed E-state index contributed by atoms with van der Waals surface area (Å²) in [5.74, 6) is 0.814. The van der Waals surface area contributed by atoms with Crippen LogP contribution >= 0.6 is 0 Å². The van der Waals surface area contributed by atoms with Gasteiger partial charge in [-0.05, 0) is 43.7 Å². The molecule has 0 bridgehead atoms. The molecular formula is C17H24N2O3. The van der Waals surface area contributed by atoms with Crippen LogP contribution in [0.2, 0.25) is 0 Å². The molecule has 0 saturated carbocycles. The van der Waals surface area contributed by atoms with E-state index in [0.29, 0.717) is 5.56 Å². The summed E-state index contributed by atoms with van der Waals surface area (Å²) in [6, 6.07) is 7.66. The van der Waals surface area contributed by atoms with Gasteiger partial charge in [-0.25, -0.2) is 0 Å². The van der Waals surface area contributed by atoms with E-state index in [1.807, 2.05) is 24.3 Å². The predicted octanol–water partition coefficient (Wildman–Crippen LogP) is 1.73. The van der Waals surface area contributed by atoms with Gasteiger partial charge in [-0.3, -0.25) is 4.79 Å². The molecule has 2 heterocycles. The molecule has 120 valence electrons. The molecule has 0 aromatic heterocycles. The van der Waals surface area contributed by atoms with E-state index < -0.39 is 0 Å². The highest BCUT2D eigenvalue weighted by Gasteiger charge is 2.17. The van der Waals surface area contributed by atoms with Crippen LogP contribution < -0.4 is 15.4 Å². The molecule has 1 aromatic rings. The SMILES string of the molecule is O=C(N[C@H]1CCCNC1)c1ccc(OC2CCOCC2)cc1. The number of carbonyl (C=O) groups is 1. The summed E-state index contributed by atoms with van der Waals surface area (Å²) in [5.41, 5.74) is 0.685. The van der Waals surface area contributed by atoms with Crippen LogP contribution in [0.4, 0.5) is 0 Å². The van der Waals surface area contributed by atoms with E-state index in [1.54, 1.807) is 0 Å². The van der Waals surface area contributed by atoms with Gasteiger partial charge in [0, 0.05) is 31.0 Å². The normalized spacial score (nSPS) is 23.0. The van der Waals surface area contributed by atoms with Gasteiger partial charge in [-0.2, -0.15) is 0 Å². The predicted molar refractivity (Wildman–Crippen MR) is 84.3 cm³/mol. The van der Waals surface area contributed by atoms with Crippen LogP contribution in [-0.4, -0.2) is 44.4 Å². The lowest BCUT2D eigenvalue weighted by molar-refractivity contribution is 0.0256. The second-order valence-corrected chi connectivity index (χ2v) is 5.97. The van der Waals surface area contributed by atoms with Crippen molar-refractivity contribution in [1.29, 1.82) is 0 Å². The Balaban J connectivity index is 1.52. The zero-order valence-electron chi connectivity index (χ0n) is 12.8. The lowest BCUT2D eigenvalue weighted by Gasteiger charge is -2.24. The Morgan fingerprint density at radius 1 is 1.18 bits per heavy atom. The third-order valence-corrected chi connectivity index (χ3v) is 4.22. The Morgan fingerprint density at radius 3 is 2.64 bits per heavy atom. The summed E-state index contributed by atoms with van der Waals surface area (Å²) >= 11 is 0. The van der Waals surface area contributed by atoms with Crippen LogP contribution in [0.15, 0.2) is 24.3 Å². The molecule has 2 aliphatic heterocycles. The minimum Gasteiger partial charge on any atom is -0.490 e. The third kappa shape index (κ3) is 4.21. The van der Waals surface area contributed by atoms with Gasteiger partial charge in [0.1, 0.15) is 11.9 Å². The largest absolute Gasteiger partial charge is 0.490 e. The number of nitrogens with one attached hydrogen (secondary N) is 2. The Labute approximate surface area is 131 Å². The summed E-state index contributed by atoms with van der Waals surface area (Å²) in [6.45, 7) is 3.43. The first kappa shape index (κ1) is 15.3. The highest BCUT2D eigenvalue weighted by atomic mass is 16.5. The van der Waals surface area contributed by atoms with E-state index in [2.05, 4.69) is 10.6 Å². The lowest BCUT2D eigenvalue weighted by atomic mass is 10.1. The van der Waals surface area contributed by atoms with Gasteiger partial charge in [-0.15, -0.1) is 0 Å². The minimum absolute atomic E-state index is 0.00804. The zero-order valence-corrected chi connectivity index (χ0v) is 12.8. The maximum atomic E-state index is 12.2. The van der Waals surface area contributed by atoms with E-state index >= 15 is 0 Å². The summed E-state index contributed by atoms with van der Waals surface area (Å²) in [5, 5.41) is 6.38. The van der Waals surface area contributed by atoms with Crippen LogP contribution in [0.1, 0.15) is 36.0 Å². The highest BCUT2D eigenvalue weighted by Crippen LogP contribution is 2.18. The van der Waals surface area contributed by atoms with Crippen molar-refractivity contribution in [2.24, 2.45) is 0 Å². The average molecular weight is 304 g/mol. The fourth-order valence-corrected chi connectivity index (χ4v) is 2.91. The Hall–Kier alpha value is -1.59. The molecule has 1 atom stereocenters. The van der Waals surface area contributed by atoms with Crippen molar-refractivity contribution in [3.8, 4) is 5.75 Å². The van der Waals surface area contributed by atoms with Crippen LogP contribution in [0, 0.1) is 0 Å². The molecular weight excluding hydrogens is 280 g/mol. The van der Waals surface area contributed by atoms with Crippen LogP contribution in [-0.2, 0) is 4.74 Å². The highest BCUT2D eigenvalue weighted by molar-refractivity contribution is 5.94. The zero-order chi connectivity index (χ0) is 15.2. The van der Waals surface area contributed by atoms with Crippen molar-refractivity contribution < 1.29 is 14.3 Å². The van der Waals surface area contributed by atoms with Crippen molar-refractivity contribution in [2.75, 3.05) is 26.3 Å². The molecule has 22 heavy (non-hydrogen) atoms. The van der Waals surface area contributed by atoms with E-state index in [9.17, 15) is 4.79 Å². The lowest BCUT2D eigenvalue weighted by Crippen LogP contribution is -2.45. The quantitative estimate of drug-likeness (QED) is 0.889.